The summed E-state index contributed by atoms with van der Waals surface area (Å²) >= 11 is 0. The molecule has 0 amide bonds. The summed E-state index contributed by atoms with van der Waals surface area (Å²) in [6.07, 6.45) is 1.23. The maximum absolute atomic E-state index is 8.77. The second-order valence-corrected chi connectivity index (χ2v) is 3.00. The van der Waals surface area contributed by atoms with Gasteiger partial charge in [-0.3, -0.25) is 4.90 Å². The van der Waals surface area contributed by atoms with Gasteiger partial charge in [-0.15, -0.1) is 24.8 Å². The number of nitrogens with one attached hydrogen (secondary N) is 1. The summed E-state index contributed by atoms with van der Waals surface area (Å²) in [5.74, 6) is 0. The fourth-order valence-corrected chi connectivity index (χ4v) is 1.68. The molecular weight excluding hydrogens is 211 g/mol. The summed E-state index contributed by atoms with van der Waals surface area (Å²) in [6.45, 7) is 6.52. The number of rotatable bonds is 4. The standard InChI is InChI=1S/C8H18N2O.2ClH/c1-2-10(5-6-11)8-3-4-9-7-8;;/h8-9,11H,2-7H2,1H3;2*1H. The van der Waals surface area contributed by atoms with Crippen LogP contribution in [0.1, 0.15) is 13.3 Å². The van der Waals surface area contributed by atoms with Crippen LogP contribution in [-0.2, 0) is 0 Å². The average Bonchev–Trinajstić information content (AvgIpc) is 2.52. The summed E-state index contributed by atoms with van der Waals surface area (Å²) in [6, 6.07) is 0.659. The molecule has 0 saturated carbocycles. The van der Waals surface area contributed by atoms with Crippen molar-refractivity contribution in [2.45, 2.75) is 19.4 Å². The second-order valence-electron chi connectivity index (χ2n) is 3.00. The number of hydrogen-bond acceptors (Lipinski definition) is 3. The number of aliphatic hydroxyl groups is 1. The van der Waals surface area contributed by atoms with Gasteiger partial charge in [0.1, 0.15) is 0 Å². The van der Waals surface area contributed by atoms with E-state index in [1.807, 2.05) is 0 Å². The highest BCUT2D eigenvalue weighted by Gasteiger charge is 2.19. The zero-order valence-corrected chi connectivity index (χ0v) is 9.66. The van der Waals surface area contributed by atoms with Gasteiger partial charge in [-0.05, 0) is 19.5 Å². The normalized spacial score (nSPS) is 21.0. The number of hydrogen-bond donors (Lipinski definition) is 2. The van der Waals surface area contributed by atoms with Gasteiger partial charge >= 0.3 is 0 Å². The molecule has 1 aliphatic rings. The van der Waals surface area contributed by atoms with Gasteiger partial charge in [0.05, 0.1) is 6.61 Å². The lowest BCUT2D eigenvalue weighted by Crippen LogP contribution is -2.38. The predicted octanol–water partition coefficient (Wildman–Crippen LogP) is 0.506. The maximum atomic E-state index is 8.77. The van der Waals surface area contributed by atoms with Crippen molar-refractivity contribution in [2.75, 3.05) is 32.8 Å². The van der Waals surface area contributed by atoms with Crippen molar-refractivity contribution in [3.8, 4) is 0 Å². The van der Waals surface area contributed by atoms with Crippen LogP contribution < -0.4 is 5.32 Å². The van der Waals surface area contributed by atoms with Gasteiger partial charge < -0.3 is 10.4 Å². The number of likely N-dealkylation sites (N-methyl/N-ethyl adjacent to an activating group) is 1. The van der Waals surface area contributed by atoms with Gasteiger partial charge in [-0.2, -0.15) is 0 Å². The topological polar surface area (TPSA) is 35.5 Å². The van der Waals surface area contributed by atoms with Crippen LogP contribution in [0.25, 0.3) is 0 Å². The predicted molar refractivity (Wildman–Crippen MR) is 60.1 cm³/mol. The summed E-state index contributed by atoms with van der Waals surface area (Å²) in [5, 5.41) is 12.1. The summed E-state index contributed by atoms with van der Waals surface area (Å²) in [4.78, 5) is 2.33. The van der Waals surface area contributed by atoms with E-state index in [0.29, 0.717) is 6.04 Å². The Morgan fingerprint density at radius 3 is 2.54 bits per heavy atom. The Morgan fingerprint density at radius 1 is 1.46 bits per heavy atom. The molecule has 3 nitrogen and oxygen atoms in total. The van der Waals surface area contributed by atoms with E-state index in [1.165, 1.54) is 6.42 Å². The molecule has 2 N–H and O–H groups in total. The van der Waals surface area contributed by atoms with Gasteiger partial charge in [0.2, 0.25) is 0 Å². The molecule has 0 spiro atoms. The molecule has 1 saturated heterocycles. The van der Waals surface area contributed by atoms with Gasteiger partial charge in [-0.1, -0.05) is 6.92 Å². The smallest absolute Gasteiger partial charge is 0.0558 e. The first kappa shape index (κ1) is 15.9. The van der Waals surface area contributed by atoms with Crippen LogP contribution in [0.2, 0.25) is 0 Å². The zero-order valence-electron chi connectivity index (χ0n) is 8.03. The Balaban J connectivity index is 0. The SMILES string of the molecule is CCN(CCO)C1CCNC1.Cl.Cl. The Bertz CT molecular complexity index is 110. The second kappa shape index (κ2) is 9.03. The maximum Gasteiger partial charge on any atom is 0.0558 e. The Labute approximate surface area is 92.7 Å². The number of aliphatic hydroxyl groups excluding tert-OH is 1. The summed E-state index contributed by atoms with van der Waals surface area (Å²) in [5.41, 5.74) is 0. The lowest BCUT2D eigenvalue weighted by Gasteiger charge is -2.25. The van der Waals surface area contributed by atoms with E-state index in [2.05, 4.69) is 17.1 Å². The minimum absolute atomic E-state index is 0. The van der Waals surface area contributed by atoms with Gasteiger partial charge in [0, 0.05) is 19.1 Å². The lowest BCUT2D eigenvalue weighted by atomic mass is 10.2. The molecule has 1 fully saturated rings. The third-order valence-electron chi connectivity index (χ3n) is 2.34. The summed E-state index contributed by atoms with van der Waals surface area (Å²) in [7, 11) is 0. The highest BCUT2D eigenvalue weighted by molar-refractivity contribution is 5.85. The molecule has 82 valence electrons. The highest BCUT2D eigenvalue weighted by Crippen LogP contribution is 2.06. The number of nitrogens with zero attached hydrogens (tertiary/aromatic N) is 1. The first-order valence-corrected chi connectivity index (χ1v) is 4.44. The quantitative estimate of drug-likeness (QED) is 0.739. The largest absolute Gasteiger partial charge is 0.395 e. The van der Waals surface area contributed by atoms with Crippen LogP contribution in [0.3, 0.4) is 0 Å². The molecule has 1 aliphatic heterocycles. The molecule has 1 unspecified atom stereocenters. The Morgan fingerprint density at radius 2 is 2.15 bits per heavy atom. The van der Waals surface area contributed by atoms with Crippen LogP contribution in [0.5, 0.6) is 0 Å². The summed E-state index contributed by atoms with van der Waals surface area (Å²) < 4.78 is 0. The van der Waals surface area contributed by atoms with E-state index in [1.54, 1.807) is 0 Å². The van der Waals surface area contributed by atoms with Crippen molar-refractivity contribution >= 4 is 24.8 Å². The van der Waals surface area contributed by atoms with Crippen LogP contribution in [0.15, 0.2) is 0 Å². The molecule has 1 atom stereocenters. The van der Waals surface area contributed by atoms with Crippen LogP contribution >= 0.6 is 24.8 Å². The molecule has 5 heteroatoms. The van der Waals surface area contributed by atoms with Gasteiger partial charge in [-0.25, -0.2) is 0 Å². The third kappa shape index (κ3) is 5.03. The Hall–Kier alpha value is 0.460. The van der Waals surface area contributed by atoms with E-state index in [9.17, 15) is 0 Å². The van der Waals surface area contributed by atoms with Crippen LogP contribution in [-0.4, -0.2) is 48.8 Å². The highest BCUT2D eigenvalue weighted by atomic mass is 35.5. The molecule has 0 aromatic rings. The minimum atomic E-state index is 0. The van der Waals surface area contributed by atoms with Crippen molar-refractivity contribution in [1.82, 2.24) is 10.2 Å². The van der Waals surface area contributed by atoms with Gasteiger partial charge in [0.15, 0.2) is 0 Å². The van der Waals surface area contributed by atoms with E-state index in [-0.39, 0.29) is 31.4 Å². The molecule has 13 heavy (non-hydrogen) atoms. The molecule has 0 bridgehead atoms. The van der Waals surface area contributed by atoms with Crippen molar-refractivity contribution in [2.24, 2.45) is 0 Å². The van der Waals surface area contributed by atoms with Crippen LogP contribution in [0.4, 0.5) is 0 Å². The first-order chi connectivity index (χ1) is 5.38. The number of halogens is 2. The minimum Gasteiger partial charge on any atom is -0.395 e. The molecule has 0 aromatic carbocycles. The molecule has 0 radical (unpaired) electrons. The first-order valence-electron chi connectivity index (χ1n) is 4.44. The van der Waals surface area contributed by atoms with E-state index in [4.69, 9.17) is 5.11 Å². The lowest BCUT2D eigenvalue weighted by molar-refractivity contribution is 0.164. The van der Waals surface area contributed by atoms with E-state index in [0.717, 1.165) is 26.2 Å². The van der Waals surface area contributed by atoms with Crippen molar-refractivity contribution in [1.29, 1.82) is 0 Å². The third-order valence-corrected chi connectivity index (χ3v) is 2.34. The van der Waals surface area contributed by atoms with E-state index < -0.39 is 0 Å². The molecular formula is C8H20Cl2N2O. The van der Waals surface area contributed by atoms with Crippen molar-refractivity contribution < 1.29 is 5.11 Å². The fraction of sp³-hybridized carbons (Fsp3) is 1.00. The van der Waals surface area contributed by atoms with Crippen LogP contribution in [0, 0.1) is 0 Å². The molecule has 1 heterocycles. The molecule has 1 rings (SSSR count). The Kier molecular flexibility index (Phi) is 11.1. The fourth-order valence-electron chi connectivity index (χ4n) is 1.68. The molecule has 0 aromatic heterocycles. The zero-order chi connectivity index (χ0) is 8.10. The van der Waals surface area contributed by atoms with Crippen molar-refractivity contribution in [3.05, 3.63) is 0 Å². The van der Waals surface area contributed by atoms with Gasteiger partial charge in [0.25, 0.3) is 0 Å². The molecule has 0 aliphatic carbocycles. The van der Waals surface area contributed by atoms with Crippen molar-refractivity contribution in [3.63, 3.8) is 0 Å². The van der Waals surface area contributed by atoms with E-state index >= 15 is 0 Å². The average molecular weight is 231 g/mol. The monoisotopic (exact) mass is 230 g/mol.